The fourth-order valence-electron chi connectivity index (χ4n) is 3.05. The summed E-state index contributed by atoms with van der Waals surface area (Å²) in [5, 5.41) is 9.34. The molecule has 0 aliphatic carbocycles. The number of guanidine groups is 1. The number of nitrogens with one attached hydrogen (secondary N) is 3. The molecule has 1 aromatic carbocycles. The zero-order valence-corrected chi connectivity index (χ0v) is 20.5. The zero-order chi connectivity index (χ0) is 20.2. The average Bonchev–Trinajstić information content (AvgIpc) is 2.64. The summed E-state index contributed by atoms with van der Waals surface area (Å²) < 4.78 is 0. The Morgan fingerprint density at radius 3 is 2.39 bits per heavy atom. The second-order valence-electron chi connectivity index (χ2n) is 7.18. The third-order valence-corrected chi connectivity index (χ3v) is 4.39. The minimum Gasteiger partial charge on any atom is -0.357 e. The molecule has 7 heteroatoms. The van der Waals surface area contributed by atoms with E-state index in [9.17, 15) is 4.79 Å². The molecule has 28 heavy (non-hydrogen) atoms. The maximum atomic E-state index is 11.8. The number of amides is 1. The summed E-state index contributed by atoms with van der Waals surface area (Å²) in [7, 11) is 1.64. The van der Waals surface area contributed by atoms with Crippen molar-refractivity contribution in [1.82, 2.24) is 20.9 Å². The predicted octanol–water partition coefficient (Wildman–Crippen LogP) is 3.23. The topological polar surface area (TPSA) is 68.8 Å². The van der Waals surface area contributed by atoms with Gasteiger partial charge in [0.25, 0.3) is 5.91 Å². The molecule has 0 fully saturated rings. The van der Waals surface area contributed by atoms with Crippen LogP contribution in [0.5, 0.6) is 0 Å². The quantitative estimate of drug-likeness (QED) is 0.199. The SMILES string of the molecule is CCNC(=NCc1cccc(C(=O)NC)c1)NCCCN(C(C)C)C(C)C.I. The molecule has 0 bridgehead atoms. The first kappa shape index (κ1) is 26.6. The van der Waals surface area contributed by atoms with Gasteiger partial charge in [0.05, 0.1) is 6.54 Å². The van der Waals surface area contributed by atoms with Crippen molar-refractivity contribution < 1.29 is 4.79 Å². The highest BCUT2D eigenvalue weighted by Crippen LogP contribution is 2.07. The molecule has 1 rings (SSSR count). The molecular formula is C21H38IN5O. The first-order valence-corrected chi connectivity index (χ1v) is 9.98. The fourth-order valence-corrected chi connectivity index (χ4v) is 3.05. The summed E-state index contributed by atoms with van der Waals surface area (Å²) in [5.41, 5.74) is 1.67. The predicted molar refractivity (Wildman–Crippen MR) is 130 cm³/mol. The van der Waals surface area contributed by atoms with Gasteiger partial charge >= 0.3 is 0 Å². The number of benzene rings is 1. The average molecular weight is 503 g/mol. The maximum absolute atomic E-state index is 11.8. The standard InChI is InChI=1S/C21H37N5O.HI/c1-7-23-21(24-12-9-13-26(16(2)3)17(4)5)25-15-18-10-8-11-19(14-18)20(27)22-6;/h8,10-11,14,16-17H,7,9,12-13,15H2,1-6H3,(H,22,27)(H2,23,24,25);1H. The largest absolute Gasteiger partial charge is 0.357 e. The van der Waals surface area contributed by atoms with Gasteiger partial charge in [-0.1, -0.05) is 12.1 Å². The molecule has 0 heterocycles. The van der Waals surface area contributed by atoms with Crippen LogP contribution in [0.15, 0.2) is 29.3 Å². The Morgan fingerprint density at radius 2 is 1.82 bits per heavy atom. The van der Waals surface area contributed by atoms with Gasteiger partial charge in [0.2, 0.25) is 0 Å². The van der Waals surface area contributed by atoms with Gasteiger partial charge in [0.15, 0.2) is 5.96 Å². The molecule has 0 unspecified atom stereocenters. The molecule has 0 aromatic heterocycles. The van der Waals surface area contributed by atoms with Crippen LogP contribution < -0.4 is 16.0 Å². The Balaban J connectivity index is 0.00000729. The molecule has 0 radical (unpaired) electrons. The number of rotatable bonds is 10. The highest BCUT2D eigenvalue weighted by Gasteiger charge is 2.12. The number of hydrogen-bond donors (Lipinski definition) is 3. The van der Waals surface area contributed by atoms with E-state index in [1.165, 1.54) is 0 Å². The Morgan fingerprint density at radius 1 is 1.14 bits per heavy atom. The molecule has 0 saturated heterocycles. The van der Waals surface area contributed by atoms with E-state index in [4.69, 9.17) is 0 Å². The van der Waals surface area contributed by atoms with Crippen LogP contribution in [0.3, 0.4) is 0 Å². The first-order valence-electron chi connectivity index (χ1n) is 9.98. The molecule has 0 aliphatic heterocycles. The number of aliphatic imine (C=N–C) groups is 1. The second-order valence-corrected chi connectivity index (χ2v) is 7.18. The van der Waals surface area contributed by atoms with Crippen molar-refractivity contribution in [3.05, 3.63) is 35.4 Å². The lowest BCUT2D eigenvalue weighted by Crippen LogP contribution is -2.41. The Labute approximate surface area is 188 Å². The molecule has 3 N–H and O–H groups in total. The van der Waals surface area contributed by atoms with Gasteiger partial charge in [-0.3, -0.25) is 9.69 Å². The smallest absolute Gasteiger partial charge is 0.251 e. The van der Waals surface area contributed by atoms with Crippen LogP contribution in [-0.4, -0.2) is 55.5 Å². The van der Waals surface area contributed by atoms with Crippen molar-refractivity contribution in [3.63, 3.8) is 0 Å². The van der Waals surface area contributed by atoms with Crippen LogP contribution >= 0.6 is 24.0 Å². The van der Waals surface area contributed by atoms with E-state index < -0.39 is 0 Å². The highest BCUT2D eigenvalue weighted by molar-refractivity contribution is 14.0. The Bertz CT molecular complexity index is 596. The van der Waals surface area contributed by atoms with Crippen LogP contribution in [0.1, 0.15) is 57.0 Å². The number of hydrogen-bond acceptors (Lipinski definition) is 3. The molecule has 1 amide bonds. The minimum absolute atomic E-state index is 0. The van der Waals surface area contributed by atoms with Crippen molar-refractivity contribution >= 4 is 35.8 Å². The monoisotopic (exact) mass is 503 g/mol. The van der Waals surface area contributed by atoms with Crippen LogP contribution in [0.25, 0.3) is 0 Å². The van der Waals surface area contributed by atoms with Crippen molar-refractivity contribution in [1.29, 1.82) is 0 Å². The highest BCUT2D eigenvalue weighted by atomic mass is 127. The molecular weight excluding hydrogens is 465 g/mol. The summed E-state index contributed by atoms with van der Waals surface area (Å²) in [4.78, 5) is 18.9. The molecule has 0 aliphatic rings. The van der Waals surface area contributed by atoms with E-state index in [0.29, 0.717) is 24.2 Å². The van der Waals surface area contributed by atoms with E-state index in [2.05, 4.69) is 60.5 Å². The van der Waals surface area contributed by atoms with Gasteiger partial charge in [-0.15, -0.1) is 24.0 Å². The van der Waals surface area contributed by atoms with E-state index in [1.54, 1.807) is 7.05 Å². The van der Waals surface area contributed by atoms with Gasteiger partial charge in [-0.25, -0.2) is 4.99 Å². The molecule has 6 nitrogen and oxygen atoms in total. The lowest BCUT2D eigenvalue weighted by molar-refractivity contribution is 0.0963. The van der Waals surface area contributed by atoms with Gasteiger partial charge in [0, 0.05) is 44.3 Å². The number of carbonyl (C=O) groups is 1. The number of carbonyl (C=O) groups excluding carboxylic acids is 1. The Kier molecular flexibility index (Phi) is 13.9. The van der Waals surface area contributed by atoms with Crippen molar-refractivity contribution in [2.75, 3.05) is 26.7 Å². The third kappa shape index (κ3) is 9.73. The van der Waals surface area contributed by atoms with Crippen LogP contribution in [0.4, 0.5) is 0 Å². The van der Waals surface area contributed by atoms with Crippen molar-refractivity contribution in [3.8, 4) is 0 Å². The first-order chi connectivity index (χ1) is 12.9. The van der Waals surface area contributed by atoms with Gasteiger partial charge in [-0.05, 0) is 58.7 Å². The maximum Gasteiger partial charge on any atom is 0.251 e. The van der Waals surface area contributed by atoms with E-state index >= 15 is 0 Å². The van der Waals surface area contributed by atoms with E-state index in [1.807, 2.05) is 24.3 Å². The fraction of sp³-hybridized carbons (Fsp3) is 0.619. The molecule has 0 spiro atoms. The van der Waals surface area contributed by atoms with Gasteiger partial charge in [-0.2, -0.15) is 0 Å². The van der Waals surface area contributed by atoms with Crippen LogP contribution in [0, 0.1) is 0 Å². The van der Waals surface area contributed by atoms with Gasteiger partial charge in [0.1, 0.15) is 0 Å². The molecule has 0 saturated carbocycles. The lowest BCUT2D eigenvalue weighted by Gasteiger charge is -2.30. The Hall–Kier alpha value is -1.35. The van der Waals surface area contributed by atoms with E-state index in [0.717, 1.165) is 37.6 Å². The summed E-state index contributed by atoms with van der Waals surface area (Å²) in [6.45, 7) is 14.3. The normalized spacial score (nSPS) is 11.5. The summed E-state index contributed by atoms with van der Waals surface area (Å²) >= 11 is 0. The summed E-state index contributed by atoms with van der Waals surface area (Å²) in [5.74, 6) is 0.731. The molecule has 0 atom stereocenters. The minimum atomic E-state index is -0.0780. The van der Waals surface area contributed by atoms with Gasteiger partial charge < -0.3 is 16.0 Å². The second kappa shape index (κ2) is 14.6. The summed E-state index contributed by atoms with van der Waals surface area (Å²) in [6, 6.07) is 8.68. The third-order valence-electron chi connectivity index (χ3n) is 4.39. The van der Waals surface area contributed by atoms with Crippen LogP contribution in [0.2, 0.25) is 0 Å². The lowest BCUT2D eigenvalue weighted by atomic mass is 10.1. The van der Waals surface area contributed by atoms with Crippen molar-refractivity contribution in [2.24, 2.45) is 4.99 Å². The number of nitrogens with zero attached hydrogens (tertiary/aromatic N) is 2. The van der Waals surface area contributed by atoms with E-state index in [-0.39, 0.29) is 29.9 Å². The molecule has 160 valence electrons. The summed E-state index contributed by atoms with van der Waals surface area (Å²) in [6.07, 6.45) is 1.06. The zero-order valence-electron chi connectivity index (χ0n) is 18.2. The van der Waals surface area contributed by atoms with Crippen LogP contribution in [-0.2, 0) is 6.54 Å². The van der Waals surface area contributed by atoms with Crippen molar-refractivity contribution in [2.45, 2.75) is 59.7 Å². The molecule has 1 aromatic rings. The number of halogens is 1.